The predicted octanol–water partition coefficient (Wildman–Crippen LogP) is -0.935. The molecular formula is C16H20O10. The lowest BCUT2D eigenvalue weighted by molar-refractivity contribution is -0.327. The summed E-state index contributed by atoms with van der Waals surface area (Å²) in [5.41, 5.74) is 0. The second-order valence-corrected chi connectivity index (χ2v) is 5.48. The number of carbonyl (C=O) groups excluding carboxylic acids is 4. The molecule has 1 saturated heterocycles. The van der Waals surface area contributed by atoms with E-state index in [4.69, 9.17) is 30.1 Å². The highest BCUT2D eigenvalue weighted by molar-refractivity contribution is 5.69. The molecule has 1 rings (SSSR count). The van der Waals surface area contributed by atoms with Crippen molar-refractivity contribution in [1.82, 2.24) is 0 Å². The van der Waals surface area contributed by atoms with E-state index < -0.39 is 60.7 Å². The van der Waals surface area contributed by atoms with Gasteiger partial charge < -0.3 is 28.8 Å². The van der Waals surface area contributed by atoms with E-state index >= 15 is 0 Å². The number of terminal acetylenes is 1. The zero-order valence-corrected chi connectivity index (χ0v) is 14.7. The third-order valence-electron chi connectivity index (χ3n) is 3.26. The van der Waals surface area contributed by atoms with E-state index in [1.807, 2.05) is 5.92 Å². The molecular weight excluding hydrogens is 352 g/mol. The minimum absolute atomic E-state index is 0.470. The molecule has 1 aliphatic heterocycles. The number of carbonyl (C=O) groups is 4. The summed E-state index contributed by atoms with van der Waals surface area (Å²) in [6, 6.07) is 0. The molecule has 1 aliphatic rings. The molecule has 0 aromatic heterocycles. The Bertz CT molecular complexity index is 621. The van der Waals surface area contributed by atoms with Gasteiger partial charge in [0.05, 0.1) is 0 Å². The van der Waals surface area contributed by atoms with E-state index in [2.05, 4.69) is 0 Å². The third-order valence-corrected chi connectivity index (χ3v) is 3.26. The number of aliphatic hydroxyl groups is 1. The minimum atomic E-state index is -2.52. The van der Waals surface area contributed by atoms with Crippen LogP contribution in [0.4, 0.5) is 0 Å². The SMILES string of the molecule is C#CC1(O)O[C@H](COC(C)=O)[C@@H](OC(C)=O)[C@H](OC(C)=O)[C@H]1OC(C)=O. The fourth-order valence-electron chi connectivity index (χ4n) is 2.40. The maximum Gasteiger partial charge on any atom is 0.303 e. The van der Waals surface area contributed by atoms with Gasteiger partial charge in [0, 0.05) is 27.7 Å². The standard InChI is InChI=1S/C16H20O10/c1-6-16(21)15(25-11(5)20)14(24-10(4)19)13(23-9(3)18)12(26-16)7-22-8(2)17/h1,12-15,21H,7H2,2-5H3/t12-,13-,14+,15-,16?/m1/s1. The highest BCUT2D eigenvalue weighted by Gasteiger charge is 2.59. The van der Waals surface area contributed by atoms with Crippen LogP contribution in [-0.4, -0.2) is 65.8 Å². The summed E-state index contributed by atoms with van der Waals surface area (Å²) in [7, 11) is 0. The van der Waals surface area contributed by atoms with Crippen LogP contribution < -0.4 is 0 Å². The number of ether oxygens (including phenoxy) is 5. The summed E-state index contributed by atoms with van der Waals surface area (Å²) in [4.78, 5) is 45.4. The summed E-state index contributed by atoms with van der Waals surface area (Å²) in [6.07, 6.45) is -0.561. The van der Waals surface area contributed by atoms with Crippen molar-refractivity contribution in [1.29, 1.82) is 0 Å². The van der Waals surface area contributed by atoms with E-state index in [-0.39, 0.29) is 0 Å². The maximum absolute atomic E-state index is 11.5. The van der Waals surface area contributed by atoms with Gasteiger partial charge in [-0.2, -0.15) is 0 Å². The van der Waals surface area contributed by atoms with E-state index in [0.29, 0.717) is 0 Å². The van der Waals surface area contributed by atoms with Crippen LogP contribution in [0.25, 0.3) is 0 Å². The van der Waals surface area contributed by atoms with Crippen molar-refractivity contribution in [3.8, 4) is 12.3 Å². The summed E-state index contributed by atoms with van der Waals surface area (Å²) in [5, 5.41) is 10.6. The van der Waals surface area contributed by atoms with Crippen LogP contribution >= 0.6 is 0 Å². The average molecular weight is 372 g/mol. The summed E-state index contributed by atoms with van der Waals surface area (Å²) < 4.78 is 25.3. The van der Waals surface area contributed by atoms with Gasteiger partial charge in [-0.15, -0.1) is 6.42 Å². The van der Waals surface area contributed by atoms with Crippen molar-refractivity contribution in [2.45, 2.75) is 57.9 Å². The van der Waals surface area contributed by atoms with Gasteiger partial charge >= 0.3 is 23.9 Å². The summed E-state index contributed by atoms with van der Waals surface area (Å²) >= 11 is 0. The van der Waals surface area contributed by atoms with Crippen LogP contribution in [0.2, 0.25) is 0 Å². The summed E-state index contributed by atoms with van der Waals surface area (Å²) in [5.74, 6) is -3.74. The molecule has 1 unspecified atom stereocenters. The molecule has 0 aromatic rings. The van der Waals surface area contributed by atoms with Crippen molar-refractivity contribution < 1.29 is 48.0 Å². The minimum Gasteiger partial charge on any atom is -0.463 e. The maximum atomic E-state index is 11.5. The zero-order chi connectivity index (χ0) is 20.1. The molecule has 5 atom stereocenters. The molecule has 1 fully saturated rings. The Kier molecular flexibility index (Phi) is 7.11. The van der Waals surface area contributed by atoms with Gasteiger partial charge in [-0.25, -0.2) is 0 Å². The lowest BCUT2D eigenvalue weighted by atomic mass is 9.92. The predicted molar refractivity (Wildman–Crippen MR) is 82.0 cm³/mol. The molecule has 10 heteroatoms. The largest absolute Gasteiger partial charge is 0.463 e. The highest BCUT2D eigenvalue weighted by atomic mass is 16.7. The Hall–Kier alpha value is -2.64. The van der Waals surface area contributed by atoms with Gasteiger partial charge in [-0.3, -0.25) is 19.2 Å². The van der Waals surface area contributed by atoms with Gasteiger partial charge in [0.2, 0.25) is 6.10 Å². The number of hydrogen-bond donors (Lipinski definition) is 1. The first kappa shape index (κ1) is 21.4. The molecule has 1 heterocycles. The van der Waals surface area contributed by atoms with Crippen molar-refractivity contribution in [2.75, 3.05) is 6.61 Å². The quantitative estimate of drug-likeness (QED) is 0.366. The molecule has 26 heavy (non-hydrogen) atoms. The van der Waals surface area contributed by atoms with E-state index in [1.54, 1.807) is 0 Å². The molecule has 0 aliphatic carbocycles. The molecule has 0 bridgehead atoms. The van der Waals surface area contributed by atoms with E-state index in [1.165, 1.54) is 0 Å². The lowest BCUT2D eigenvalue weighted by Gasteiger charge is -2.46. The smallest absolute Gasteiger partial charge is 0.303 e. The zero-order valence-electron chi connectivity index (χ0n) is 14.7. The first-order valence-electron chi connectivity index (χ1n) is 7.53. The molecule has 1 N–H and O–H groups in total. The first-order chi connectivity index (χ1) is 12.0. The van der Waals surface area contributed by atoms with E-state index in [9.17, 15) is 24.3 Å². The normalized spacial score (nSPS) is 30.5. The van der Waals surface area contributed by atoms with Gasteiger partial charge in [0.1, 0.15) is 12.7 Å². The van der Waals surface area contributed by atoms with Crippen molar-refractivity contribution in [3.05, 3.63) is 0 Å². The van der Waals surface area contributed by atoms with Crippen molar-refractivity contribution in [2.24, 2.45) is 0 Å². The second kappa shape index (κ2) is 8.64. The van der Waals surface area contributed by atoms with Crippen LogP contribution in [0.3, 0.4) is 0 Å². The summed E-state index contributed by atoms with van der Waals surface area (Å²) in [6.45, 7) is 3.83. The number of hydrogen-bond acceptors (Lipinski definition) is 10. The molecule has 10 nitrogen and oxygen atoms in total. The first-order valence-corrected chi connectivity index (χ1v) is 7.53. The third kappa shape index (κ3) is 5.44. The van der Waals surface area contributed by atoms with Crippen LogP contribution in [0, 0.1) is 12.3 Å². The highest BCUT2D eigenvalue weighted by Crippen LogP contribution is 2.34. The van der Waals surface area contributed by atoms with Crippen molar-refractivity contribution >= 4 is 23.9 Å². The molecule has 0 aromatic carbocycles. The van der Waals surface area contributed by atoms with Gasteiger partial charge in [-0.05, 0) is 5.92 Å². The van der Waals surface area contributed by atoms with Crippen LogP contribution in [0.1, 0.15) is 27.7 Å². The molecule has 0 spiro atoms. The monoisotopic (exact) mass is 372 g/mol. The van der Waals surface area contributed by atoms with Gasteiger partial charge in [0.15, 0.2) is 12.2 Å². The number of esters is 4. The van der Waals surface area contributed by atoms with Gasteiger partial charge in [-0.1, -0.05) is 0 Å². The Morgan fingerprint density at radius 2 is 1.46 bits per heavy atom. The Labute approximate surface area is 149 Å². The molecule has 144 valence electrons. The molecule has 0 amide bonds. The fraction of sp³-hybridized carbons (Fsp3) is 0.625. The topological polar surface area (TPSA) is 135 Å². The molecule has 0 saturated carbocycles. The lowest BCUT2D eigenvalue weighted by Crippen LogP contribution is -2.67. The Morgan fingerprint density at radius 3 is 1.88 bits per heavy atom. The Morgan fingerprint density at radius 1 is 0.962 bits per heavy atom. The van der Waals surface area contributed by atoms with Crippen LogP contribution in [0.15, 0.2) is 0 Å². The van der Waals surface area contributed by atoms with Crippen molar-refractivity contribution in [3.63, 3.8) is 0 Å². The molecule has 0 radical (unpaired) electrons. The fourth-order valence-corrected chi connectivity index (χ4v) is 2.40. The number of rotatable bonds is 5. The van der Waals surface area contributed by atoms with Crippen LogP contribution in [0.5, 0.6) is 0 Å². The Balaban J connectivity index is 3.35. The van der Waals surface area contributed by atoms with Gasteiger partial charge in [0.25, 0.3) is 5.79 Å². The van der Waals surface area contributed by atoms with E-state index in [0.717, 1.165) is 27.7 Å². The van der Waals surface area contributed by atoms with Crippen LogP contribution in [-0.2, 0) is 42.9 Å². The average Bonchev–Trinajstić information content (AvgIpc) is 2.50. The second-order valence-electron chi connectivity index (χ2n) is 5.48.